The van der Waals surface area contributed by atoms with E-state index in [4.69, 9.17) is 14.5 Å². The van der Waals surface area contributed by atoms with Crippen molar-refractivity contribution in [2.24, 2.45) is 0 Å². The van der Waals surface area contributed by atoms with Gasteiger partial charge in [0.1, 0.15) is 18.0 Å². The lowest BCUT2D eigenvalue weighted by Crippen LogP contribution is -2.27. The molecule has 0 saturated heterocycles. The van der Waals surface area contributed by atoms with Crippen molar-refractivity contribution in [1.82, 2.24) is 9.97 Å². The molecule has 2 atom stereocenters. The summed E-state index contributed by atoms with van der Waals surface area (Å²) in [4.78, 5) is 22.5. The number of halogens is 1. The van der Waals surface area contributed by atoms with E-state index in [0.717, 1.165) is 50.7 Å². The first-order valence-electron chi connectivity index (χ1n) is 12.4. The van der Waals surface area contributed by atoms with Crippen LogP contribution in [0.4, 0.5) is 4.39 Å². The van der Waals surface area contributed by atoms with Gasteiger partial charge in [0.05, 0.1) is 28.9 Å². The zero-order chi connectivity index (χ0) is 25.8. The van der Waals surface area contributed by atoms with E-state index in [1.54, 1.807) is 13.0 Å². The van der Waals surface area contributed by atoms with Gasteiger partial charge in [-0.3, -0.25) is 9.78 Å². The Kier molecular flexibility index (Phi) is 6.03. The minimum atomic E-state index is -1.19. The molecule has 3 heterocycles. The van der Waals surface area contributed by atoms with E-state index in [2.05, 4.69) is 4.98 Å². The number of benzene rings is 2. The Morgan fingerprint density at radius 2 is 1.94 bits per heavy atom. The Bertz CT molecular complexity index is 1490. The fourth-order valence-corrected chi connectivity index (χ4v) is 5.09. The van der Waals surface area contributed by atoms with Crippen LogP contribution in [0.15, 0.2) is 42.6 Å². The number of aromatic nitrogens is 2. The first-order chi connectivity index (χ1) is 17.0. The molecule has 4 aromatic rings. The molecule has 0 fully saturated rings. The molecule has 36 heavy (non-hydrogen) atoms. The van der Waals surface area contributed by atoms with Crippen LogP contribution >= 0.6 is 0 Å². The van der Waals surface area contributed by atoms with Crippen LogP contribution in [-0.4, -0.2) is 28.0 Å². The molecule has 2 aromatic heterocycles. The number of carbonyl (C=O) groups is 1. The highest BCUT2D eigenvalue weighted by Crippen LogP contribution is 2.45. The van der Waals surface area contributed by atoms with Crippen LogP contribution < -0.4 is 4.74 Å². The van der Waals surface area contributed by atoms with E-state index in [1.165, 1.54) is 12.5 Å². The molecule has 1 aliphatic heterocycles. The number of ketones is 1. The molecule has 0 amide bonds. The topological polar surface area (TPSA) is 61.3 Å². The smallest absolute Gasteiger partial charge is 0.163 e. The first kappa shape index (κ1) is 24.3. The van der Waals surface area contributed by atoms with Crippen LogP contribution in [0.3, 0.4) is 0 Å². The number of aryl methyl sites for hydroxylation is 1. The van der Waals surface area contributed by atoms with Crippen molar-refractivity contribution in [3.63, 3.8) is 0 Å². The Labute approximate surface area is 210 Å². The maximum atomic E-state index is 14.2. The van der Waals surface area contributed by atoms with Gasteiger partial charge in [-0.25, -0.2) is 9.37 Å². The molecule has 6 heteroatoms. The van der Waals surface area contributed by atoms with Crippen LogP contribution in [-0.2, 0) is 16.0 Å². The molecular formula is C30H31FN2O3. The van der Waals surface area contributed by atoms with E-state index in [9.17, 15) is 9.18 Å². The maximum absolute atomic E-state index is 14.2. The summed E-state index contributed by atoms with van der Waals surface area (Å²) in [6, 6.07) is 11.5. The lowest BCUT2D eigenvalue weighted by Gasteiger charge is -2.30. The summed E-state index contributed by atoms with van der Waals surface area (Å²) < 4.78 is 26.5. The fraction of sp³-hybridized carbons (Fsp3) is 0.367. The third-order valence-electron chi connectivity index (χ3n) is 6.61. The minimum Gasteiger partial charge on any atom is -0.493 e. The molecule has 0 N–H and O–H groups in total. The van der Waals surface area contributed by atoms with Gasteiger partial charge in [0.15, 0.2) is 5.78 Å². The number of carbonyl (C=O) groups excluding carboxylic acids is 1. The molecule has 0 bridgehead atoms. The molecule has 0 spiro atoms. The Morgan fingerprint density at radius 3 is 2.64 bits per heavy atom. The maximum Gasteiger partial charge on any atom is 0.163 e. The summed E-state index contributed by atoms with van der Waals surface area (Å²) in [5.41, 5.74) is 5.83. The fourth-order valence-electron chi connectivity index (χ4n) is 5.09. The van der Waals surface area contributed by atoms with Gasteiger partial charge in [-0.05, 0) is 94.1 Å². The number of ether oxygens (including phenoxy) is 2. The summed E-state index contributed by atoms with van der Waals surface area (Å²) in [6.45, 7) is 11.4. The number of pyridine rings is 2. The van der Waals surface area contributed by atoms with Crippen LogP contribution in [0.2, 0.25) is 0 Å². The molecular weight excluding hydrogens is 455 g/mol. The second-order valence-electron chi connectivity index (χ2n) is 10.5. The molecule has 2 aromatic carbocycles. The summed E-state index contributed by atoms with van der Waals surface area (Å²) >= 11 is 0. The number of hydrogen-bond donors (Lipinski definition) is 0. The van der Waals surface area contributed by atoms with Crippen molar-refractivity contribution < 1.29 is 18.7 Å². The molecule has 5 rings (SSSR count). The largest absolute Gasteiger partial charge is 0.493 e. The highest BCUT2D eigenvalue weighted by atomic mass is 19.1. The zero-order valence-electron chi connectivity index (χ0n) is 21.6. The predicted molar refractivity (Wildman–Crippen MR) is 140 cm³/mol. The van der Waals surface area contributed by atoms with Crippen LogP contribution in [0.5, 0.6) is 5.75 Å². The lowest BCUT2D eigenvalue weighted by molar-refractivity contribution is -0.138. The van der Waals surface area contributed by atoms with Crippen molar-refractivity contribution in [1.29, 1.82) is 0 Å². The summed E-state index contributed by atoms with van der Waals surface area (Å²) in [6.07, 6.45) is 0.653. The molecule has 1 aliphatic rings. The van der Waals surface area contributed by atoms with Gasteiger partial charge in [0.25, 0.3) is 0 Å². The van der Waals surface area contributed by atoms with Crippen molar-refractivity contribution >= 4 is 27.6 Å². The highest BCUT2D eigenvalue weighted by molar-refractivity contribution is 6.08. The average Bonchev–Trinajstić information content (AvgIpc) is 2.81. The number of nitrogens with zero attached hydrogens (tertiary/aromatic N) is 2. The summed E-state index contributed by atoms with van der Waals surface area (Å²) in [5, 5.41) is 1.81. The van der Waals surface area contributed by atoms with Gasteiger partial charge in [-0.1, -0.05) is 6.07 Å². The van der Waals surface area contributed by atoms with Gasteiger partial charge in [0.2, 0.25) is 0 Å². The highest BCUT2D eigenvalue weighted by Gasteiger charge is 2.31. The second-order valence-corrected chi connectivity index (χ2v) is 10.5. The standard InChI is InChI=1S/C30H31FN2O3/c1-16-15-23-20(7-9-22(33-23)17(2)31)27(25(16)29(18(3)34)36-30(4,5)6)21-8-10-24-26-19(12-14-35-24)11-13-32-28(21)26/h7-11,13,15,17,29H,12,14H2,1-6H3/t17?,29-/m1/s1. The molecule has 1 unspecified atom stereocenters. The Morgan fingerprint density at radius 1 is 1.17 bits per heavy atom. The predicted octanol–water partition coefficient (Wildman–Crippen LogP) is 7.17. The number of alkyl halides is 1. The van der Waals surface area contributed by atoms with Crippen LogP contribution in [0.25, 0.3) is 32.9 Å². The third-order valence-corrected chi connectivity index (χ3v) is 6.61. The average molecular weight is 487 g/mol. The van der Waals surface area contributed by atoms with E-state index < -0.39 is 17.9 Å². The Balaban J connectivity index is 1.91. The van der Waals surface area contributed by atoms with Crippen LogP contribution in [0, 0.1) is 6.92 Å². The summed E-state index contributed by atoms with van der Waals surface area (Å²) in [7, 11) is 0. The van der Waals surface area contributed by atoms with Gasteiger partial charge in [0, 0.05) is 29.0 Å². The SMILES string of the molecule is CC(=O)[C@@H](OC(C)(C)C)c1c(C)cc2nc(C(C)F)ccc2c1-c1ccc2c3c(ccnc13)CCO2. The van der Waals surface area contributed by atoms with Crippen molar-refractivity contribution in [2.75, 3.05) is 6.61 Å². The minimum absolute atomic E-state index is 0.0883. The molecule has 0 saturated carbocycles. The van der Waals surface area contributed by atoms with E-state index in [0.29, 0.717) is 17.8 Å². The van der Waals surface area contributed by atoms with Gasteiger partial charge >= 0.3 is 0 Å². The number of Topliss-reactive ketones (excluding diaryl/α,β-unsaturated/α-hetero) is 1. The number of hydrogen-bond acceptors (Lipinski definition) is 5. The van der Waals surface area contributed by atoms with Crippen molar-refractivity contribution in [2.45, 2.75) is 65.8 Å². The molecule has 5 nitrogen and oxygen atoms in total. The summed E-state index contributed by atoms with van der Waals surface area (Å²) in [5.74, 6) is 0.719. The van der Waals surface area contributed by atoms with Crippen molar-refractivity contribution in [3.8, 4) is 16.9 Å². The third kappa shape index (κ3) is 4.24. The quantitative estimate of drug-likeness (QED) is 0.299. The first-order valence-corrected chi connectivity index (χ1v) is 12.4. The zero-order valence-corrected chi connectivity index (χ0v) is 21.6. The van der Waals surface area contributed by atoms with E-state index >= 15 is 0 Å². The number of fused-ring (bicyclic) bond motifs is 1. The Hall–Kier alpha value is -3.38. The van der Waals surface area contributed by atoms with Crippen molar-refractivity contribution in [3.05, 3.63) is 65.0 Å². The van der Waals surface area contributed by atoms with E-state index in [1.807, 2.05) is 64.2 Å². The monoisotopic (exact) mass is 486 g/mol. The lowest BCUT2D eigenvalue weighted by atomic mass is 9.85. The second kappa shape index (κ2) is 8.93. The van der Waals surface area contributed by atoms with Gasteiger partial charge in [-0.2, -0.15) is 0 Å². The van der Waals surface area contributed by atoms with E-state index in [-0.39, 0.29) is 5.78 Å². The normalized spacial score (nSPS) is 15.1. The molecule has 0 aliphatic carbocycles. The van der Waals surface area contributed by atoms with Gasteiger partial charge in [-0.15, -0.1) is 0 Å². The molecule has 0 radical (unpaired) electrons. The number of rotatable bonds is 5. The van der Waals surface area contributed by atoms with Gasteiger partial charge < -0.3 is 9.47 Å². The molecule has 186 valence electrons. The van der Waals surface area contributed by atoms with Crippen LogP contribution in [0.1, 0.15) is 69.3 Å².